The molecule has 0 amide bonds. The normalized spacial score (nSPS) is 11.1. The van der Waals surface area contributed by atoms with Gasteiger partial charge < -0.3 is 0 Å². The standard InChI is InChI=1S/C22H27N2.3C18H18FN2.C17H16FN2/c1-6-17(7-2)18-10-11-21-20(13-18)22(24(5)14-23-21)19-12-15(3)8-9-16(19)4;1-11-5-6-14-17(7-11)20-10-21(4)18(14)15-8-13(3)16(19)9-12(15)2;1-11-6-5-7-14-17(11)20-10-21(4)18(14)15-8-13(3)16(19)9-12(15)2;1-11-10-16(19)12(2)9-15(11)18-14-7-5-6-8-17(14)20-13(3)21(18)4;1-11-9-15(18)12(2)8-14(11)17-13-6-4-5-7-16(13)19-10-20(17)3/h8-14,17H,6-7H2,1-5H3;3*5-10H,1-4H3;4-10H,1-3H3/q5*+1. The number of hydrogen-bond donors (Lipinski definition) is 0. The second kappa shape index (κ2) is 32.5. The molecule has 15 rings (SSSR count). The average molecular weight is 1430 g/mol. The van der Waals surface area contributed by atoms with Crippen molar-refractivity contribution in [2.24, 2.45) is 35.2 Å². The molecule has 0 aliphatic rings. The lowest BCUT2D eigenvalue weighted by atomic mass is 9.91. The Bertz CT molecular complexity index is 5920. The monoisotopic (exact) mass is 1430 g/mol. The fourth-order valence-electron chi connectivity index (χ4n) is 14.4. The maximum Gasteiger partial charge on any atom is 0.296 e. The lowest BCUT2D eigenvalue weighted by Gasteiger charge is -2.14. The molecule has 5 aromatic heterocycles. The van der Waals surface area contributed by atoms with Gasteiger partial charge in [0.15, 0.2) is 27.6 Å². The first-order valence-electron chi connectivity index (χ1n) is 36.5. The molecule has 0 fully saturated rings. The summed E-state index contributed by atoms with van der Waals surface area (Å²) in [5.74, 6) is 0.916. The van der Waals surface area contributed by atoms with E-state index in [2.05, 4.69) is 162 Å². The molecule has 0 saturated carbocycles. The van der Waals surface area contributed by atoms with Gasteiger partial charge in [0.05, 0.1) is 62.2 Å². The topological polar surface area (TPSA) is 83.8 Å². The van der Waals surface area contributed by atoms with E-state index in [4.69, 9.17) is 0 Å². The third kappa shape index (κ3) is 16.2. The predicted molar refractivity (Wildman–Crippen MR) is 427 cm³/mol. The Morgan fingerprint density at radius 1 is 0.299 bits per heavy atom. The van der Waals surface area contributed by atoms with E-state index in [1.807, 2.05) is 162 Å². The van der Waals surface area contributed by atoms with E-state index in [-0.39, 0.29) is 23.3 Å². The number of hydrogen-bond acceptors (Lipinski definition) is 5. The maximum absolute atomic E-state index is 13.7. The van der Waals surface area contributed by atoms with Crippen molar-refractivity contribution in [1.29, 1.82) is 0 Å². The molecular formula is C93H97F4N10+5. The van der Waals surface area contributed by atoms with Gasteiger partial charge in [-0.3, -0.25) is 0 Å². The van der Waals surface area contributed by atoms with Crippen LogP contribution in [-0.2, 0) is 35.2 Å². The zero-order valence-corrected chi connectivity index (χ0v) is 65.5. The SMILES string of the molecule is CCC(CC)c1ccc2nc[n+](C)c(-c3cc(C)ccc3C)c2c1.Cc1cc(-c2c3cccc(C)c3nc[n+]2C)c(C)cc1F.Cc1cc(-c2c3ccccc3nc(C)[n+]2C)c(C)cc1F.Cc1cc(-c2c3ccccc3nc[n+]2C)c(C)cc1F.Cc1ccc2c(-c3cc(C)c(F)cc3C)[n+](C)cnc2c1. The Morgan fingerprint density at radius 3 is 1.19 bits per heavy atom. The molecule has 0 atom stereocenters. The molecule has 10 nitrogen and oxygen atoms in total. The minimum Gasteiger partial charge on any atom is -0.232 e. The smallest absolute Gasteiger partial charge is 0.232 e. The highest BCUT2D eigenvalue weighted by atomic mass is 19.1. The van der Waals surface area contributed by atoms with Gasteiger partial charge in [0.2, 0.25) is 0 Å². The molecule has 0 saturated heterocycles. The van der Waals surface area contributed by atoms with Gasteiger partial charge in [-0.25, -0.2) is 40.4 Å². The van der Waals surface area contributed by atoms with Crippen molar-refractivity contribution in [3.8, 4) is 56.3 Å². The van der Waals surface area contributed by atoms with Crippen molar-refractivity contribution in [3.63, 3.8) is 0 Å². The third-order valence-electron chi connectivity index (χ3n) is 20.6. The quantitative estimate of drug-likeness (QED) is 0.112. The molecule has 0 unspecified atom stereocenters. The van der Waals surface area contributed by atoms with E-state index in [1.54, 1.807) is 58.3 Å². The number of aromatic nitrogens is 10. The highest BCUT2D eigenvalue weighted by Crippen LogP contribution is 2.36. The number of nitrogens with zero attached hydrogens (tertiary/aromatic N) is 10. The number of halogens is 4. The number of rotatable bonds is 8. The molecule has 0 spiro atoms. The average Bonchev–Trinajstić information content (AvgIpc) is 0.792. The Kier molecular flexibility index (Phi) is 23.3. The van der Waals surface area contributed by atoms with Gasteiger partial charge in [-0.2, -0.15) is 0 Å². The minimum absolute atomic E-state index is 0.158. The van der Waals surface area contributed by atoms with Crippen molar-refractivity contribution >= 4 is 54.5 Å². The number of para-hydroxylation sites is 3. The van der Waals surface area contributed by atoms with Crippen LogP contribution in [-0.4, -0.2) is 24.9 Å². The summed E-state index contributed by atoms with van der Waals surface area (Å²) < 4.78 is 65.1. The van der Waals surface area contributed by atoms with Crippen molar-refractivity contribution < 1.29 is 40.4 Å². The van der Waals surface area contributed by atoms with Crippen LogP contribution in [0.3, 0.4) is 0 Å². The van der Waals surface area contributed by atoms with Gasteiger partial charge in [0.1, 0.15) is 51.7 Å². The van der Waals surface area contributed by atoms with E-state index >= 15 is 0 Å². The number of aryl methyl sites for hydroxylation is 17. The molecule has 0 aliphatic carbocycles. The van der Waals surface area contributed by atoms with Crippen LogP contribution in [0.5, 0.6) is 0 Å². The Labute approximate surface area is 627 Å². The first kappa shape index (κ1) is 76.7. The van der Waals surface area contributed by atoms with Crippen LogP contribution in [0.4, 0.5) is 17.6 Å². The summed E-state index contributed by atoms with van der Waals surface area (Å²) in [6.07, 6.45) is 9.71. The zero-order valence-electron chi connectivity index (χ0n) is 65.5. The summed E-state index contributed by atoms with van der Waals surface area (Å²) in [6, 6.07) is 56.0. The van der Waals surface area contributed by atoms with Crippen molar-refractivity contribution in [3.05, 3.63) is 297 Å². The number of fused-ring (bicyclic) bond motifs is 5. The highest BCUT2D eigenvalue weighted by molar-refractivity contribution is 5.96. The summed E-state index contributed by atoms with van der Waals surface area (Å²) in [4.78, 5) is 22.7. The third-order valence-corrected chi connectivity index (χ3v) is 20.6. The van der Waals surface area contributed by atoms with Gasteiger partial charge in [-0.05, 0) is 297 Å². The van der Waals surface area contributed by atoms with Crippen molar-refractivity contribution in [2.45, 2.75) is 123 Å². The Hall–Kier alpha value is -11.4. The highest BCUT2D eigenvalue weighted by Gasteiger charge is 2.25. The first-order valence-corrected chi connectivity index (χ1v) is 36.5. The summed E-state index contributed by atoms with van der Waals surface area (Å²) in [5.41, 5.74) is 28.7. The van der Waals surface area contributed by atoms with Gasteiger partial charge in [-0.1, -0.05) is 80.1 Å². The largest absolute Gasteiger partial charge is 0.296 e. The van der Waals surface area contributed by atoms with Crippen LogP contribution in [0.2, 0.25) is 0 Å². The second-order valence-electron chi connectivity index (χ2n) is 28.7. The Balaban J connectivity index is 0.000000133. The van der Waals surface area contributed by atoms with Crippen LogP contribution in [0.25, 0.3) is 111 Å². The van der Waals surface area contributed by atoms with Crippen molar-refractivity contribution in [2.75, 3.05) is 0 Å². The fraction of sp³-hybridized carbons (Fsp3) is 0.247. The van der Waals surface area contributed by atoms with Gasteiger partial charge >= 0.3 is 0 Å². The summed E-state index contributed by atoms with van der Waals surface area (Å²) in [6.45, 7) is 29.9. The molecule has 107 heavy (non-hydrogen) atoms. The maximum atomic E-state index is 13.7. The Morgan fingerprint density at radius 2 is 0.682 bits per heavy atom. The molecule has 0 bridgehead atoms. The van der Waals surface area contributed by atoms with Crippen LogP contribution in [0, 0.1) is 113 Å². The molecule has 0 radical (unpaired) electrons. The van der Waals surface area contributed by atoms with E-state index in [0.29, 0.717) is 28.2 Å². The molecule has 0 N–H and O–H groups in total. The number of benzene rings is 10. The molecule has 15 aromatic rings. The first-order chi connectivity index (χ1) is 51.1. The van der Waals surface area contributed by atoms with E-state index < -0.39 is 0 Å². The van der Waals surface area contributed by atoms with Crippen LogP contribution in [0.1, 0.15) is 111 Å². The van der Waals surface area contributed by atoms with Crippen molar-refractivity contribution in [1.82, 2.24) is 24.9 Å². The lowest BCUT2D eigenvalue weighted by molar-refractivity contribution is -0.668. The lowest BCUT2D eigenvalue weighted by Crippen LogP contribution is -2.36. The van der Waals surface area contributed by atoms with Gasteiger partial charge in [-0.15, -0.1) is 0 Å². The summed E-state index contributed by atoms with van der Waals surface area (Å²) in [5, 5.41) is 5.58. The van der Waals surface area contributed by atoms with E-state index in [9.17, 15) is 17.6 Å². The molecule has 14 heteroatoms. The summed E-state index contributed by atoms with van der Waals surface area (Å²) in [7, 11) is 10.0. The van der Waals surface area contributed by atoms with Crippen LogP contribution < -0.4 is 22.8 Å². The molecule has 0 aliphatic heterocycles. The zero-order chi connectivity index (χ0) is 77.0. The van der Waals surface area contributed by atoms with Crippen LogP contribution in [0.15, 0.2) is 195 Å². The fourth-order valence-corrected chi connectivity index (χ4v) is 14.4. The minimum atomic E-state index is -0.160. The van der Waals surface area contributed by atoms with E-state index in [1.165, 1.54) is 51.7 Å². The second-order valence-corrected chi connectivity index (χ2v) is 28.7. The molecule has 5 heterocycles. The molecule has 542 valence electrons. The molecule has 10 aromatic carbocycles. The van der Waals surface area contributed by atoms with Crippen LogP contribution >= 0.6 is 0 Å². The van der Waals surface area contributed by atoms with Gasteiger partial charge in [0, 0.05) is 40.3 Å². The molecular weight excluding hydrogens is 1330 g/mol. The summed E-state index contributed by atoms with van der Waals surface area (Å²) >= 11 is 0. The predicted octanol–water partition coefficient (Wildman–Crippen LogP) is 20.1. The van der Waals surface area contributed by atoms with Gasteiger partial charge in [0.25, 0.3) is 31.1 Å². The van der Waals surface area contributed by atoms with E-state index in [0.717, 1.165) is 128 Å².